The van der Waals surface area contributed by atoms with Crippen molar-refractivity contribution in [2.45, 2.75) is 0 Å². The van der Waals surface area contributed by atoms with E-state index in [0.717, 1.165) is 0 Å². The highest BCUT2D eigenvalue weighted by Crippen LogP contribution is 2.32. The van der Waals surface area contributed by atoms with Crippen molar-refractivity contribution in [2.75, 3.05) is 0 Å². The molecule has 1 N–H and O–H groups in total. The smallest absolute Gasteiger partial charge is 0.351 e. The second-order valence-electron chi connectivity index (χ2n) is 4.61. The molecular weight excluding hydrogens is 282 g/mol. The number of nitrogens with one attached hydrogen (secondary N) is 1. The Morgan fingerprint density at radius 2 is 1.59 bits per heavy atom. The van der Waals surface area contributed by atoms with Gasteiger partial charge in [-0.1, -0.05) is 65.8 Å². The van der Waals surface area contributed by atoms with Gasteiger partial charge in [0, 0.05) is 5.56 Å². The first-order valence-electron chi connectivity index (χ1n) is 6.56. The zero-order chi connectivity index (χ0) is 15.5. The summed E-state index contributed by atoms with van der Waals surface area (Å²) in [7, 11) is 0. The summed E-state index contributed by atoms with van der Waals surface area (Å²) in [6.07, 6.45) is 0. The topological polar surface area (TPSA) is 88.9 Å². The molecule has 6 heteroatoms. The summed E-state index contributed by atoms with van der Waals surface area (Å²) < 4.78 is 0. The molecule has 0 fully saturated rings. The number of benzene rings is 2. The second-order valence-corrected chi connectivity index (χ2v) is 4.61. The molecule has 0 atom stereocenters. The number of carbonyl (C=O) groups excluding carboxylic acids is 1. The summed E-state index contributed by atoms with van der Waals surface area (Å²) >= 11 is 0. The molecule has 1 heterocycles. The molecule has 2 aromatic carbocycles. The van der Waals surface area contributed by atoms with E-state index in [1.54, 1.807) is 60.7 Å². The van der Waals surface area contributed by atoms with Crippen LogP contribution in [-0.4, -0.2) is 20.9 Å². The number of rotatable bonds is 4. The summed E-state index contributed by atoms with van der Waals surface area (Å²) in [5, 5.41) is 17.4. The average Bonchev–Trinajstić information content (AvgIpc) is 3.01. The van der Waals surface area contributed by atoms with Crippen molar-refractivity contribution in [3.05, 3.63) is 82.0 Å². The predicted molar refractivity (Wildman–Crippen MR) is 80.6 cm³/mol. The van der Waals surface area contributed by atoms with Crippen LogP contribution in [0.5, 0.6) is 0 Å². The molecule has 0 saturated heterocycles. The lowest BCUT2D eigenvalue weighted by Gasteiger charge is -2.02. The molecule has 0 radical (unpaired) electrons. The Kier molecular flexibility index (Phi) is 3.49. The van der Waals surface area contributed by atoms with Crippen molar-refractivity contribution in [3.8, 4) is 11.1 Å². The van der Waals surface area contributed by atoms with Gasteiger partial charge >= 0.3 is 5.82 Å². The zero-order valence-electron chi connectivity index (χ0n) is 11.4. The van der Waals surface area contributed by atoms with Crippen LogP contribution >= 0.6 is 0 Å². The van der Waals surface area contributed by atoms with E-state index < -0.39 is 4.92 Å². The Labute approximate surface area is 125 Å². The largest absolute Gasteiger partial charge is 0.358 e. The Hall–Kier alpha value is -3.28. The van der Waals surface area contributed by atoms with Gasteiger partial charge in [0.05, 0.1) is 0 Å². The van der Waals surface area contributed by atoms with Gasteiger partial charge in [0.2, 0.25) is 5.78 Å². The number of hydrogen-bond acceptors (Lipinski definition) is 4. The molecule has 3 rings (SSSR count). The molecule has 0 bridgehead atoms. The summed E-state index contributed by atoms with van der Waals surface area (Å²) in [6.45, 7) is 0. The van der Waals surface area contributed by atoms with E-state index in [4.69, 9.17) is 0 Å². The third-order valence-electron chi connectivity index (χ3n) is 3.24. The highest BCUT2D eigenvalue weighted by atomic mass is 16.6. The molecule has 0 aliphatic carbocycles. The third-order valence-corrected chi connectivity index (χ3v) is 3.24. The van der Waals surface area contributed by atoms with Crippen LogP contribution in [0.3, 0.4) is 0 Å². The number of nitrogens with zero attached hydrogens (tertiary/aromatic N) is 2. The molecule has 3 aromatic rings. The molecule has 108 valence electrons. The summed E-state index contributed by atoms with van der Waals surface area (Å²) in [4.78, 5) is 23.2. The van der Waals surface area contributed by atoms with Crippen molar-refractivity contribution in [1.82, 2.24) is 10.2 Å². The summed E-state index contributed by atoms with van der Waals surface area (Å²) in [5.74, 6) is -0.644. The normalized spacial score (nSPS) is 10.4. The van der Waals surface area contributed by atoms with Crippen molar-refractivity contribution < 1.29 is 9.72 Å². The Balaban J connectivity index is 2.17. The molecule has 0 saturated carbocycles. The molecule has 6 nitrogen and oxygen atoms in total. The van der Waals surface area contributed by atoms with Crippen LogP contribution < -0.4 is 0 Å². The van der Waals surface area contributed by atoms with Crippen LogP contribution in [-0.2, 0) is 0 Å². The van der Waals surface area contributed by atoms with Gasteiger partial charge in [-0.3, -0.25) is 4.79 Å². The van der Waals surface area contributed by atoms with Crippen molar-refractivity contribution in [3.63, 3.8) is 0 Å². The first kappa shape index (κ1) is 13.7. The van der Waals surface area contributed by atoms with Gasteiger partial charge in [0.1, 0.15) is 5.56 Å². The van der Waals surface area contributed by atoms with Gasteiger partial charge in [0.15, 0.2) is 5.69 Å². The van der Waals surface area contributed by atoms with Gasteiger partial charge < -0.3 is 10.1 Å². The first-order valence-corrected chi connectivity index (χ1v) is 6.56. The highest BCUT2D eigenvalue weighted by Gasteiger charge is 2.28. The highest BCUT2D eigenvalue weighted by molar-refractivity contribution is 6.12. The van der Waals surface area contributed by atoms with E-state index >= 15 is 0 Å². The van der Waals surface area contributed by atoms with Crippen LogP contribution in [0.15, 0.2) is 60.7 Å². The number of hydrogen-bond donors (Lipinski definition) is 1. The maximum atomic E-state index is 12.6. The van der Waals surface area contributed by atoms with E-state index in [2.05, 4.69) is 10.2 Å². The van der Waals surface area contributed by atoms with Crippen LogP contribution in [0.2, 0.25) is 0 Å². The maximum Gasteiger partial charge on any atom is 0.351 e. The fraction of sp³-hybridized carbons (Fsp3) is 0. The molecule has 0 spiro atoms. The average molecular weight is 293 g/mol. The van der Waals surface area contributed by atoms with Crippen molar-refractivity contribution in [1.29, 1.82) is 0 Å². The Morgan fingerprint density at radius 3 is 2.18 bits per heavy atom. The van der Waals surface area contributed by atoms with Crippen molar-refractivity contribution >= 4 is 11.6 Å². The van der Waals surface area contributed by atoms with E-state index in [-0.39, 0.29) is 22.9 Å². The quantitative estimate of drug-likeness (QED) is 0.454. The SMILES string of the molecule is O=C(c1ccccc1)c1n[nH]c([N+](=O)[O-])c1-c1ccccc1. The maximum absolute atomic E-state index is 12.6. The van der Waals surface area contributed by atoms with Crippen LogP contribution in [0.1, 0.15) is 16.1 Å². The standard InChI is InChI=1S/C16H11N3O3/c20-15(12-9-5-2-6-10-12)14-13(11-7-3-1-4-8-11)16(18-17-14)19(21)22/h1-10H,(H,17,18). The monoisotopic (exact) mass is 293 g/mol. The minimum Gasteiger partial charge on any atom is -0.358 e. The van der Waals surface area contributed by atoms with E-state index in [9.17, 15) is 14.9 Å². The molecule has 0 unspecified atom stereocenters. The Morgan fingerprint density at radius 1 is 1.00 bits per heavy atom. The minimum atomic E-state index is -0.572. The number of carbonyl (C=O) groups is 1. The zero-order valence-corrected chi connectivity index (χ0v) is 11.4. The van der Waals surface area contributed by atoms with E-state index in [0.29, 0.717) is 11.1 Å². The van der Waals surface area contributed by atoms with Crippen LogP contribution in [0.25, 0.3) is 11.1 Å². The molecule has 0 aliphatic rings. The van der Waals surface area contributed by atoms with Crippen LogP contribution in [0, 0.1) is 10.1 Å². The van der Waals surface area contributed by atoms with Crippen LogP contribution in [0.4, 0.5) is 5.82 Å². The van der Waals surface area contributed by atoms with Gasteiger partial charge in [-0.05, 0) is 10.5 Å². The number of ketones is 1. The minimum absolute atomic E-state index is 0.0455. The third kappa shape index (κ3) is 2.37. The molecule has 1 aromatic heterocycles. The molecule has 22 heavy (non-hydrogen) atoms. The molecule has 0 aliphatic heterocycles. The fourth-order valence-electron chi connectivity index (χ4n) is 2.23. The Bertz CT molecular complexity index is 826. The molecule has 0 amide bonds. The lowest BCUT2D eigenvalue weighted by molar-refractivity contribution is -0.388. The predicted octanol–water partition coefficient (Wildman–Crippen LogP) is 3.22. The van der Waals surface area contributed by atoms with E-state index in [1.807, 2.05) is 0 Å². The molecular formula is C16H11N3O3. The lowest BCUT2D eigenvalue weighted by atomic mass is 10.00. The number of H-pyrrole nitrogens is 1. The number of nitro groups is 1. The van der Waals surface area contributed by atoms with Gasteiger partial charge in [-0.2, -0.15) is 0 Å². The van der Waals surface area contributed by atoms with Gasteiger partial charge in [0.25, 0.3) is 0 Å². The fourth-order valence-corrected chi connectivity index (χ4v) is 2.23. The van der Waals surface area contributed by atoms with Crippen molar-refractivity contribution in [2.24, 2.45) is 0 Å². The summed E-state index contributed by atoms with van der Waals surface area (Å²) in [5.41, 5.74) is 1.26. The number of aromatic amines is 1. The first-order chi connectivity index (χ1) is 10.7. The lowest BCUT2D eigenvalue weighted by Crippen LogP contribution is -2.03. The number of aromatic nitrogens is 2. The summed E-state index contributed by atoms with van der Waals surface area (Å²) in [6, 6.07) is 17.3. The van der Waals surface area contributed by atoms with Gasteiger partial charge in [-0.25, -0.2) is 0 Å². The van der Waals surface area contributed by atoms with Gasteiger partial charge in [-0.15, -0.1) is 5.10 Å². The van der Waals surface area contributed by atoms with E-state index in [1.165, 1.54) is 0 Å². The second kappa shape index (κ2) is 5.61.